The molecular weight excluding hydrogens is 218 g/mol. The number of nitrogens with one attached hydrogen (secondary N) is 1. The number of hydrogen-bond acceptors (Lipinski definition) is 3. The number of likely N-dealkylation sites (N-methyl/N-ethyl adjacent to an activating group) is 1. The van der Waals surface area contributed by atoms with Crippen molar-refractivity contribution in [3.63, 3.8) is 0 Å². The summed E-state index contributed by atoms with van der Waals surface area (Å²) >= 11 is 0. The van der Waals surface area contributed by atoms with Crippen LogP contribution < -0.4 is 11.1 Å². The molecule has 0 aromatic heterocycles. The summed E-state index contributed by atoms with van der Waals surface area (Å²) in [5, 5.41) is 2.69. The van der Waals surface area contributed by atoms with Gasteiger partial charge in [0.15, 0.2) is 0 Å². The largest absolute Gasteiger partial charge is 0.347 e. The van der Waals surface area contributed by atoms with Crippen LogP contribution in [0.15, 0.2) is 0 Å². The van der Waals surface area contributed by atoms with Crippen LogP contribution in [-0.2, 0) is 9.59 Å². The molecule has 1 fully saturated rings. The molecule has 0 aliphatic heterocycles. The number of rotatable bonds is 4. The van der Waals surface area contributed by atoms with Gasteiger partial charge in [-0.1, -0.05) is 12.8 Å². The maximum atomic E-state index is 11.9. The molecule has 17 heavy (non-hydrogen) atoms. The first-order valence-electron chi connectivity index (χ1n) is 6.33. The van der Waals surface area contributed by atoms with Crippen molar-refractivity contribution >= 4 is 11.8 Å². The predicted molar refractivity (Wildman–Crippen MR) is 66.3 cm³/mol. The Labute approximate surface area is 103 Å². The molecule has 1 aliphatic carbocycles. The fraction of sp³-hybridized carbons (Fsp3) is 0.833. The molecule has 1 rings (SSSR count). The van der Waals surface area contributed by atoms with Gasteiger partial charge in [-0.05, 0) is 19.8 Å². The maximum Gasteiger partial charge on any atom is 0.241 e. The minimum absolute atomic E-state index is 0.0530. The summed E-state index contributed by atoms with van der Waals surface area (Å²) < 4.78 is 0. The smallest absolute Gasteiger partial charge is 0.241 e. The second-order valence-corrected chi connectivity index (χ2v) is 4.68. The summed E-state index contributed by atoms with van der Waals surface area (Å²) in [7, 11) is 1.72. The van der Waals surface area contributed by atoms with Crippen molar-refractivity contribution in [1.29, 1.82) is 0 Å². The Morgan fingerprint density at radius 2 is 2.00 bits per heavy atom. The van der Waals surface area contributed by atoms with Crippen molar-refractivity contribution in [3.05, 3.63) is 0 Å². The molecule has 1 saturated carbocycles. The van der Waals surface area contributed by atoms with E-state index < -0.39 is 0 Å². The molecule has 5 nitrogen and oxygen atoms in total. The highest BCUT2D eigenvalue weighted by Gasteiger charge is 2.28. The normalized spacial score (nSPS) is 24.2. The quantitative estimate of drug-likeness (QED) is 0.733. The van der Waals surface area contributed by atoms with E-state index in [1.165, 1.54) is 0 Å². The summed E-state index contributed by atoms with van der Waals surface area (Å²) in [6.07, 6.45) is 3.89. The lowest BCUT2D eigenvalue weighted by atomic mass is 9.84. The molecule has 0 saturated heterocycles. The van der Waals surface area contributed by atoms with E-state index in [-0.39, 0.29) is 30.3 Å². The Morgan fingerprint density at radius 1 is 1.35 bits per heavy atom. The number of nitrogens with two attached hydrogens (primary N) is 1. The lowest BCUT2D eigenvalue weighted by molar-refractivity contribution is -0.133. The Hall–Kier alpha value is -1.10. The fourth-order valence-electron chi connectivity index (χ4n) is 2.09. The SMILES string of the molecule is CCN(C)C(=O)CNC(=O)C1CCCCC1N. The van der Waals surface area contributed by atoms with E-state index in [2.05, 4.69) is 5.32 Å². The van der Waals surface area contributed by atoms with Crippen molar-refractivity contribution in [2.45, 2.75) is 38.6 Å². The van der Waals surface area contributed by atoms with Gasteiger partial charge >= 0.3 is 0 Å². The van der Waals surface area contributed by atoms with E-state index in [4.69, 9.17) is 5.73 Å². The van der Waals surface area contributed by atoms with Crippen molar-refractivity contribution < 1.29 is 9.59 Å². The van der Waals surface area contributed by atoms with Crippen LogP contribution in [0.2, 0.25) is 0 Å². The van der Waals surface area contributed by atoms with Crippen LogP contribution in [0.1, 0.15) is 32.6 Å². The summed E-state index contributed by atoms with van der Waals surface area (Å²) in [6, 6.07) is -0.0530. The zero-order valence-corrected chi connectivity index (χ0v) is 10.7. The lowest BCUT2D eigenvalue weighted by Crippen LogP contribution is -2.46. The molecule has 5 heteroatoms. The van der Waals surface area contributed by atoms with Gasteiger partial charge in [0.05, 0.1) is 12.5 Å². The zero-order valence-electron chi connectivity index (χ0n) is 10.7. The van der Waals surface area contributed by atoms with E-state index in [0.29, 0.717) is 6.54 Å². The Balaban J connectivity index is 2.36. The Morgan fingerprint density at radius 3 is 2.59 bits per heavy atom. The monoisotopic (exact) mass is 241 g/mol. The molecule has 2 atom stereocenters. The van der Waals surface area contributed by atoms with Gasteiger partial charge in [-0.15, -0.1) is 0 Å². The standard InChI is InChI=1S/C12H23N3O2/c1-3-15(2)11(16)8-14-12(17)9-6-4-5-7-10(9)13/h9-10H,3-8,13H2,1-2H3,(H,14,17). The highest BCUT2D eigenvalue weighted by molar-refractivity contribution is 5.86. The third kappa shape index (κ3) is 4.00. The fourth-order valence-corrected chi connectivity index (χ4v) is 2.09. The van der Waals surface area contributed by atoms with Gasteiger partial charge in [0.1, 0.15) is 0 Å². The summed E-state index contributed by atoms with van der Waals surface area (Å²) in [4.78, 5) is 25.0. The molecule has 1 aliphatic rings. The third-order valence-corrected chi connectivity index (χ3v) is 3.47. The molecule has 2 unspecified atom stereocenters. The topological polar surface area (TPSA) is 75.4 Å². The van der Waals surface area contributed by atoms with Crippen molar-refractivity contribution in [2.24, 2.45) is 11.7 Å². The molecule has 98 valence electrons. The van der Waals surface area contributed by atoms with Crippen LogP contribution in [0.5, 0.6) is 0 Å². The van der Waals surface area contributed by atoms with E-state index in [9.17, 15) is 9.59 Å². The number of hydrogen-bond donors (Lipinski definition) is 2. The van der Waals surface area contributed by atoms with Gasteiger partial charge in [0.2, 0.25) is 11.8 Å². The third-order valence-electron chi connectivity index (χ3n) is 3.47. The molecule has 0 aromatic carbocycles. The maximum absolute atomic E-state index is 11.9. The van der Waals surface area contributed by atoms with E-state index >= 15 is 0 Å². The molecule has 0 heterocycles. The first kappa shape index (κ1) is 14.0. The van der Waals surface area contributed by atoms with Crippen LogP contribution in [0.4, 0.5) is 0 Å². The van der Waals surface area contributed by atoms with E-state index in [1.807, 2.05) is 6.92 Å². The van der Waals surface area contributed by atoms with Crippen molar-refractivity contribution in [2.75, 3.05) is 20.1 Å². The highest BCUT2D eigenvalue weighted by atomic mass is 16.2. The van der Waals surface area contributed by atoms with Crippen molar-refractivity contribution in [3.8, 4) is 0 Å². The molecule has 0 spiro atoms. The number of amides is 2. The zero-order chi connectivity index (χ0) is 12.8. The summed E-state index contributed by atoms with van der Waals surface area (Å²) in [5.41, 5.74) is 5.92. The van der Waals surface area contributed by atoms with Gasteiger partial charge in [0.25, 0.3) is 0 Å². The molecule has 2 amide bonds. The summed E-state index contributed by atoms with van der Waals surface area (Å²) in [6.45, 7) is 2.63. The van der Waals surface area contributed by atoms with Crippen LogP contribution in [0.3, 0.4) is 0 Å². The van der Waals surface area contributed by atoms with Gasteiger partial charge in [-0.3, -0.25) is 9.59 Å². The Bertz CT molecular complexity index is 281. The highest BCUT2D eigenvalue weighted by Crippen LogP contribution is 2.22. The number of carbonyl (C=O) groups excluding carboxylic acids is 2. The van der Waals surface area contributed by atoms with Gasteiger partial charge in [0, 0.05) is 19.6 Å². The first-order chi connectivity index (χ1) is 8.06. The molecule has 0 aromatic rings. The van der Waals surface area contributed by atoms with Crippen LogP contribution in [0, 0.1) is 5.92 Å². The second-order valence-electron chi connectivity index (χ2n) is 4.68. The van der Waals surface area contributed by atoms with Gasteiger partial charge in [-0.2, -0.15) is 0 Å². The van der Waals surface area contributed by atoms with E-state index in [1.54, 1.807) is 11.9 Å². The molecular formula is C12H23N3O2. The molecule has 0 radical (unpaired) electrons. The van der Waals surface area contributed by atoms with Crippen LogP contribution in [0.25, 0.3) is 0 Å². The predicted octanol–water partition coefficient (Wildman–Crippen LogP) is 0.0984. The second kappa shape index (κ2) is 6.59. The number of nitrogens with zero attached hydrogens (tertiary/aromatic N) is 1. The van der Waals surface area contributed by atoms with Crippen molar-refractivity contribution in [1.82, 2.24) is 10.2 Å². The number of carbonyl (C=O) groups is 2. The summed E-state index contributed by atoms with van der Waals surface area (Å²) in [5.74, 6) is -0.260. The lowest BCUT2D eigenvalue weighted by Gasteiger charge is -2.27. The van der Waals surface area contributed by atoms with Gasteiger partial charge in [-0.25, -0.2) is 0 Å². The van der Waals surface area contributed by atoms with Crippen LogP contribution >= 0.6 is 0 Å². The van der Waals surface area contributed by atoms with Gasteiger partial charge < -0.3 is 16.0 Å². The molecule has 3 N–H and O–H groups in total. The molecule has 0 bridgehead atoms. The minimum atomic E-state index is -0.122. The average molecular weight is 241 g/mol. The Kier molecular flexibility index (Phi) is 5.41. The van der Waals surface area contributed by atoms with Crippen LogP contribution in [-0.4, -0.2) is 42.9 Å². The van der Waals surface area contributed by atoms with E-state index in [0.717, 1.165) is 25.7 Å². The average Bonchev–Trinajstić information content (AvgIpc) is 2.35. The first-order valence-corrected chi connectivity index (χ1v) is 6.33. The minimum Gasteiger partial charge on any atom is -0.347 e.